The van der Waals surface area contributed by atoms with Crippen LogP contribution >= 0.6 is 0 Å². The standard InChI is InChI=1S/C15H27NO4/c1-3-4-5-6-7-8-9-18-13-10-12-14(11(2)19-13)20-15(17)16-12/h11-14H,3-10H2,1-2H3,(H,16,17)/t11-,12-,13+,14+/m0/s1. The van der Waals surface area contributed by atoms with Crippen molar-refractivity contribution in [1.29, 1.82) is 0 Å². The van der Waals surface area contributed by atoms with Gasteiger partial charge in [-0.2, -0.15) is 0 Å². The third-order valence-electron chi connectivity index (χ3n) is 4.02. The van der Waals surface area contributed by atoms with Gasteiger partial charge in [0.05, 0.1) is 12.1 Å². The molecule has 5 heteroatoms. The predicted octanol–water partition coefficient (Wildman–Crippen LogP) is 2.98. The molecule has 5 nitrogen and oxygen atoms in total. The fourth-order valence-corrected chi connectivity index (χ4v) is 2.87. The molecular formula is C15H27NO4. The van der Waals surface area contributed by atoms with Gasteiger partial charge in [0.2, 0.25) is 0 Å². The summed E-state index contributed by atoms with van der Waals surface area (Å²) in [4.78, 5) is 11.2. The number of ether oxygens (including phenoxy) is 3. The molecule has 2 aliphatic rings. The molecule has 0 unspecified atom stereocenters. The first-order chi connectivity index (χ1) is 9.70. The fraction of sp³-hybridized carbons (Fsp3) is 0.933. The maximum atomic E-state index is 11.2. The van der Waals surface area contributed by atoms with Crippen LogP contribution in [0, 0.1) is 0 Å². The van der Waals surface area contributed by atoms with E-state index in [0.29, 0.717) is 6.42 Å². The summed E-state index contributed by atoms with van der Waals surface area (Å²) in [5.74, 6) is 0. The van der Waals surface area contributed by atoms with Crippen LogP contribution in [0.5, 0.6) is 0 Å². The quantitative estimate of drug-likeness (QED) is 0.697. The SMILES string of the molecule is CCCCCCCCO[C@H]1C[C@@H]2NC(=O)O[C@@H]2[C@H](C)O1. The van der Waals surface area contributed by atoms with Crippen LogP contribution in [0.1, 0.15) is 58.8 Å². The first kappa shape index (κ1) is 15.6. The maximum Gasteiger partial charge on any atom is 0.407 e. The van der Waals surface area contributed by atoms with Gasteiger partial charge in [-0.15, -0.1) is 0 Å². The smallest absolute Gasteiger partial charge is 0.407 e. The molecule has 0 aromatic rings. The molecule has 1 amide bonds. The summed E-state index contributed by atoms with van der Waals surface area (Å²) >= 11 is 0. The molecule has 0 saturated carbocycles. The highest BCUT2D eigenvalue weighted by molar-refractivity contribution is 5.70. The number of rotatable bonds is 8. The van der Waals surface area contributed by atoms with Crippen LogP contribution in [0.15, 0.2) is 0 Å². The van der Waals surface area contributed by atoms with Crippen molar-refractivity contribution in [2.24, 2.45) is 0 Å². The summed E-state index contributed by atoms with van der Waals surface area (Å²) in [5.41, 5.74) is 0. The van der Waals surface area contributed by atoms with Crippen molar-refractivity contribution in [3.63, 3.8) is 0 Å². The van der Waals surface area contributed by atoms with E-state index in [1.807, 2.05) is 6.92 Å². The van der Waals surface area contributed by atoms with Crippen LogP contribution in [-0.4, -0.2) is 37.2 Å². The third kappa shape index (κ3) is 4.35. The van der Waals surface area contributed by atoms with E-state index in [4.69, 9.17) is 14.2 Å². The van der Waals surface area contributed by atoms with Crippen molar-refractivity contribution < 1.29 is 19.0 Å². The molecule has 0 radical (unpaired) electrons. The zero-order valence-electron chi connectivity index (χ0n) is 12.6. The lowest BCUT2D eigenvalue weighted by atomic mass is 10.0. The van der Waals surface area contributed by atoms with Crippen LogP contribution in [-0.2, 0) is 14.2 Å². The number of carbonyl (C=O) groups excluding carboxylic acids is 1. The number of hydrogen-bond donors (Lipinski definition) is 1. The Labute approximate surface area is 121 Å². The van der Waals surface area contributed by atoms with Crippen molar-refractivity contribution >= 4 is 6.09 Å². The van der Waals surface area contributed by atoms with Crippen molar-refractivity contribution in [2.75, 3.05) is 6.61 Å². The highest BCUT2D eigenvalue weighted by atomic mass is 16.7. The second-order valence-electron chi connectivity index (χ2n) is 5.77. The van der Waals surface area contributed by atoms with Gasteiger partial charge in [0.1, 0.15) is 6.10 Å². The highest BCUT2D eigenvalue weighted by Gasteiger charge is 2.44. The molecule has 2 heterocycles. The zero-order valence-corrected chi connectivity index (χ0v) is 12.6. The van der Waals surface area contributed by atoms with Crippen LogP contribution in [0.3, 0.4) is 0 Å². The minimum absolute atomic E-state index is 0.0285. The lowest BCUT2D eigenvalue weighted by Gasteiger charge is -2.34. The molecule has 0 spiro atoms. The Morgan fingerprint density at radius 2 is 2.00 bits per heavy atom. The molecule has 0 aromatic carbocycles. The second kappa shape index (κ2) is 7.84. The molecule has 0 aliphatic carbocycles. The molecule has 0 bridgehead atoms. The monoisotopic (exact) mass is 285 g/mol. The minimum atomic E-state index is -0.341. The molecule has 2 aliphatic heterocycles. The van der Waals surface area contributed by atoms with Crippen molar-refractivity contribution in [3.8, 4) is 0 Å². The largest absolute Gasteiger partial charge is 0.441 e. The van der Waals surface area contributed by atoms with E-state index in [1.165, 1.54) is 32.1 Å². The summed E-state index contributed by atoms with van der Waals surface area (Å²) in [6.07, 6.45) is 7.34. The summed E-state index contributed by atoms with van der Waals surface area (Å²) in [7, 11) is 0. The minimum Gasteiger partial charge on any atom is -0.441 e. The van der Waals surface area contributed by atoms with Gasteiger partial charge in [0.25, 0.3) is 0 Å². The van der Waals surface area contributed by atoms with E-state index in [-0.39, 0.29) is 30.6 Å². The molecule has 1 N–H and O–H groups in total. The first-order valence-electron chi connectivity index (χ1n) is 7.95. The molecule has 2 saturated heterocycles. The van der Waals surface area contributed by atoms with E-state index >= 15 is 0 Å². The van der Waals surface area contributed by atoms with Crippen molar-refractivity contribution in [2.45, 2.75) is 83.3 Å². The Hall–Kier alpha value is -0.810. The molecule has 0 aromatic heterocycles. The molecule has 2 rings (SSSR count). The molecule has 2 fully saturated rings. The van der Waals surface area contributed by atoms with E-state index in [9.17, 15) is 4.79 Å². The number of amides is 1. The Morgan fingerprint density at radius 1 is 1.25 bits per heavy atom. The summed E-state index contributed by atoms with van der Waals surface area (Å²) in [6, 6.07) is 0.0285. The third-order valence-corrected chi connectivity index (χ3v) is 4.02. The fourth-order valence-electron chi connectivity index (χ4n) is 2.87. The predicted molar refractivity (Wildman–Crippen MR) is 75.5 cm³/mol. The highest BCUT2D eigenvalue weighted by Crippen LogP contribution is 2.27. The molecule has 4 atom stereocenters. The van der Waals surface area contributed by atoms with Gasteiger partial charge in [0, 0.05) is 13.0 Å². The first-order valence-corrected chi connectivity index (χ1v) is 7.95. The normalized spacial score (nSPS) is 32.6. The van der Waals surface area contributed by atoms with Gasteiger partial charge in [-0.1, -0.05) is 39.0 Å². The van der Waals surface area contributed by atoms with Crippen LogP contribution in [0.2, 0.25) is 0 Å². The van der Waals surface area contributed by atoms with Crippen LogP contribution < -0.4 is 5.32 Å². The van der Waals surface area contributed by atoms with E-state index < -0.39 is 0 Å². The Morgan fingerprint density at radius 3 is 2.80 bits per heavy atom. The maximum absolute atomic E-state index is 11.2. The molecular weight excluding hydrogens is 258 g/mol. The van der Waals surface area contributed by atoms with Crippen LogP contribution in [0.25, 0.3) is 0 Å². The summed E-state index contributed by atoms with van der Waals surface area (Å²) in [6.45, 7) is 4.89. The van der Waals surface area contributed by atoms with Gasteiger partial charge in [0.15, 0.2) is 6.29 Å². The van der Waals surface area contributed by atoms with Crippen molar-refractivity contribution in [3.05, 3.63) is 0 Å². The summed E-state index contributed by atoms with van der Waals surface area (Å²) in [5, 5.41) is 2.82. The Kier molecular flexibility index (Phi) is 6.10. The van der Waals surface area contributed by atoms with Crippen LogP contribution in [0.4, 0.5) is 4.79 Å². The molecule has 116 valence electrons. The van der Waals surface area contributed by atoms with Gasteiger partial charge in [-0.25, -0.2) is 4.79 Å². The van der Waals surface area contributed by atoms with Crippen molar-refractivity contribution in [1.82, 2.24) is 5.32 Å². The number of fused-ring (bicyclic) bond motifs is 1. The van der Waals surface area contributed by atoms with Gasteiger partial charge >= 0.3 is 6.09 Å². The number of hydrogen-bond acceptors (Lipinski definition) is 4. The van der Waals surface area contributed by atoms with Gasteiger partial charge < -0.3 is 19.5 Å². The molecule has 20 heavy (non-hydrogen) atoms. The summed E-state index contributed by atoms with van der Waals surface area (Å²) < 4.78 is 16.7. The average Bonchev–Trinajstić information content (AvgIpc) is 2.79. The number of nitrogens with one attached hydrogen (secondary N) is 1. The lowest BCUT2D eigenvalue weighted by Crippen LogP contribution is -2.49. The van der Waals surface area contributed by atoms with E-state index in [0.717, 1.165) is 13.0 Å². The number of unbranched alkanes of at least 4 members (excludes halogenated alkanes) is 5. The zero-order chi connectivity index (χ0) is 14.4. The Balaban J connectivity index is 1.59. The van der Waals surface area contributed by atoms with E-state index in [2.05, 4.69) is 12.2 Å². The second-order valence-corrected chi connectivity index (χ2v) is 5.77. The average molecular weight is 285 g/mol. The topological polar surface area (TPSA) is 56.8 Å². The van der Waals surface area contributed by atoms with Gasteiger partial charge in [-0.3, -0.25) is 0 Å². The number of alkyl carbamates (subject to hydrolysis) is 1. The van der Waals surface area contributed by atoms with Gasteiger partial charge in [-0.05, 0) is 13.3 Å². The number of carbonyl (C=O) groups is 1. The lowest BCUT2D eigenvalue weighted by molar-refractivity contribution is -0.215. The Bertz CT molecular complexity index is 310. The van der Waals surface area contributed by atoms with E-state index in [1.54, 1.807) is 0 Å².